The number of benzene rings is 1. The maximum Gasteiger partial charge on any atom is 0.0610 e. The van der Waals surface area contributed by atoms with Crippen LogP contribution in [0.3, 0.4) is 0 Å². The molecular weight excluding hydrogens is 160 g/mol. The summed E-state index contributed by atoms with van der Waals surface area (Å²) in [5.41, 5.74) is 2.41. The fourth-order valence-corrected chi connectivity index (χ4v) is 1.71. The lowest BCUT2D eigenvalue weighted by Gasteiger charge is -1.98. The van der Waals surface area contributed by atoms with Gasteiger partial charge in [0.1, 0.15) is 0 Å². The third kappa shape index (κ3) is 0.855. The van der Waals surface area contributed by atoms with Gasteiger partial charge in [0.05, 0.1) is 5.52 Å². The number of aliphatic imine (C=N–C) groups is 1. The molecule has 3 rings (SSSR count). The van der Waals surface area contributed by atoms with Crippen molar-refractivity contribution in [3.63, 3.8) is 0 Å². The molecule has 0 unspecified atom stereocenters. The Balaban J connectivity index is 2.56. The van der Waals surface area contributed by atoms with Gasteiger partial charge >= 0.3 is 0 Å². The van der Waals surface area contributed by atoms with Gasteiger partial charge in [-0.25, -0.2) is 0 Å². The predicted molar refractivity (Wildman–Crippen MR) is 54.9 cm³/mol. The molecule has 0 spiro atoms. The molecule has 0 bridgehead atoms. The van der Waals surface area contributed by atoms with Crippen molar-refractivity contribution in [3.8, 4) is 0 Å². The molecule has 0 fully saturated rings. The number of hydrogen-bond donors (Lipinski definition) is 0. The number of para-hydroxylation sites is 1. The molecule has 0 aliphatic carbocycles. The second-order valence-corrected chi connectivity index (χ2v) is 3.08. The zero-order chi connectivity index (χ0) is 8.67. The van der Waals surface area contributed by atoms with E-state index in [1.807, 2.05) is 12.4 Å². The minimum Gasteiger partial charge on any atom is -0.321 e. The average molecular weight is 168 g/mol. The minimum absolute atomic E-state index is 1.17. The van der Waals surface area contributed by atoms with E-state index >= 15 is 0 Å². The average Bonchev–Trinajstić information content (AvgIpc) is 2.44. The summed E-state index contributed by atoms with van der Waals surface area (Å²) in [5, 5.41) is 1.26. The van der Waals surface area contributed by atoms with Gasteiger partial charge in [0.2, 0.25) is 0 Å². The molecule has 62 valence electrons. The summed E-state index contributed by atoms with van der Waals surface area (Å²) >= 11 is 0. The molecule has 2 heterocycles. The quantitative estimate of drug-likeness (QED) is 0.575. The van der Waals surface area contributed by atoms with Crippen LogP contribution in [0, 0.1) is 0 Å². The highest BCUT2D eigenvalue weighted by Gasteiger charge is 2.03. The van der Waals surface area contributed by atoms with Crippen LogP contribution in [0.5, 0.6) is 0 Å². The largest absolute Gasteiger partial charge is 0.321 e. The highest BCUT2D eigenvalue weighted by Crippen LogP contribution is 2.20. The Morgan fingerprint density at radius 1 is 1.15 bits per heavy atom. The molecule has 0 N–H and O–H groups in total. The van der Waals surface area contributed by atoms with E-state index in [1.54, 1.807) is 6.20 Å². The number of aromatic nitrogens is 1. The second kappa shape index (κ2) is 2.33. The van der Waals surface area contributed by atoms with E-state index in [2.05, 4.69) is 40.0 Å². The van der Waals surface area contributed by atoms with Gasteiger partial charge in [-0.1, -0.05) is 18.2 Å². The lowest BCUT2D eigenvalue weighted by Crippen LogP contribution is -1.86. The standard InChI is InChI=1S/C11H8N2/c1-2-9-4-6-13-7-5-12-8-10(3-1)11(9)13/h1-8H. The maximum absolute atomic E-state index is 4.16. The molecule has 0 saturated carbocycles. The van der Waals surface area contributed by atoms with E-state index < -0.39 is 0 Å². The summed E-state index contributed by atoms with van der Waals surface area (Å²) in [6.45, 7) is 0. The monoisotopic (exact) mass is 168 g/mol. The van der Waals surface area contributed by atoms with Gasteiger partial charge in [-0.05, 0) is 6.07 Å². The van der Waals surface area contributed by atoms with Gasteiger partial charge in [0.25, 0.3) is 0 Å². The molecule has 1 aromatic heterocycles. The van der Waals surface area contributed by atoms with Crippen molar-refractivity contribution < 1.29 is 0 Å². The van der Waals surface area contributed by atoms with E-state index in [0.717, 1.165) is 0 Å². The summed E-state index contributed by atoms with van der Waals surface area (Å²) in [4.78, 5) is 4.16. The normalized spacial score (nSPS) is 13.5. The smallest absolute Gasteiger partial charge is 0.0610 e. The van der Waals surface area contributed by atoms with E-state index in [4.69, 9.17) is 0 Å². The van der Waals surface area contributed by atoms with Gasteiger partial charge in [0.15, 0.2) is 0 Å². The van der Waals surface area contributed by atoms with Gasteiger partial charge in [-0.15, -0.1) is 0 Å². The van der Waals surface area contributed by atoms with Crippen molar-refractivity contribution in [1.82, 2.24) is 4.57 Å². The summed E-state index contributed by atoms with van der Waals surface area (Å²) in [6.07, 6.45) is 7.72. The molecule has 13 heavy (non-hydrogen) atoms. The third-order valence-corrected chi connectivity index (χ3v) is 2.30. The Bertz CT molecular complexity index is 518. The zero-order valence-corrected chi connectivity index (χ0v) is 7.01. The third-order valence-electron chi connectivity index (χ3n) is 2.30. The lowest BCUT2D eigenvalue weighted by atomic mass is 10.1. The molecule has 1 aliphatic rings. The van der Waals surface area contributed by atoms with Crippen LogP contribution in [0.1, 0.15) is 5.56 Å². The van der Waals surface area contributed by atoms with E-state index in [9.17, 15) is 0 Å². The van der Waals surface area contributed by atoms with Gasteiger partial charge < -0.3 is 4.57 Å². The van der Waals surface area contributed by atoms with Crippen LogP contribution >= 0.6 is 0 Å². The van der Waals surface area contributed by atoms with Crippen LogP contribution in [-0.4, -0.2) is 10.8 Å². The summed E-state index contributed by atoms with van der Waals surface area (Å²) in [7, 11) is 0. The first-order valence-electron chi connectivity index (χ1n) is 4.24. The molecule has 2 heteroatoms. The van der Waals surface area contributed by atoms with Gasteiger partial charge in [-0.2, -0.15) is 0 Å². The highest BCUT2D eigenvalue weighted by molar-refractivity contribution is 6.00. The van der Waals surface area contributed by atoms with Crippen molar-refractivity contribution in [2.24, 2.45) is 4.99 Å². The van der Waals surface area contributed by atoms with Crippen molar-refractivity contribution in [2.75, 3.05) is 0 Å². The molecule has 0 radical (unpaired) electrons. The van der Waals surface area contributed by atoms with E-state index in [-0.39, 0.29) is 0 Å². The minimum atomic E-state index is 1.17. The molecule has 0 atom stereocenters. The van der Waals surface area contributed by atoms with Crippen LogP contribution < -0.4 is 0 Å². The van der Waals surface area contributed by atoms with Crippen LogP contribution in [0.25, 0.3) is 17.1 Å². The van der Waals surface area contributed by atoms with Gasteiger partial charge in [-0.3, -0.25) is 4.99 Å². The molecule has 0 amide bonds. The predicted octanol–water partition coefficient (Wildman–Crippen LogP) is 2.50. The van der Waals surface area contributed by atoms with Crippen molar-refractivity contribution >= 4 is 23.3 Å². The summed E-state index contributed by atoms with van der Waals surface area (Å²) in [5.74, 6) is 0. The second-order valence-electron chi connectivity index (χ2n) is 3.08. The molecule has 1 aliphatic heterocycles. The van der Waals surface area contributed by atoms with Crippen LogP contribution in [0.2, 0.25) is 0 Å². The van der Waals surface area contributed by atoms with Crippen LogP contribution in [0.15, 0.2) is 41.7 Å². The Morgan fingerprint density at radius 2 is 2.15 bits per heavy atom. The molecule has 1 aromatic carbocycles. The first-order valence-corrected chi connectivity index (χ1v) is 4.24. The molecule has 2 aromatic rings. The number of hydrogen-bond acceptors (Lipinski definition) is 1. The van der Waals surface area contributed by atoms with Crippen LogP contribution in [-0.2, 0) is 0 Å². The Morgan fingerprint density at radius 3 is 3.15 bits per heavy atom. The van der Waals surface area contributed by atoms with Crippen LogP contribution in [0.4, 0.5) is 0 Å². The fraction of sp³-hybridized carbons (Fsp3) is 0. The SMILES string of the molecule is C1=Cn2ccc3cccc(c32)C=N1. The van der Waals surface area contributed by atoms with E-state index in [0.29, 0.717) is 0 Å². The molecule has 2 nitrogen and oxygen atoms in total. The lowest BCUT2D eigenvalue weighted by molar-refractivity contribution is 1.22. The maximum atomic E-state index is 4.16. The topological polar surface area (TPSA) is 17.3 Å². The Kier molecular flexibility index (Phi) is 1.19. The summed E-state index contributed by atoms with van der Waals surface area (Å²) in [6, 6.07) is 8.36. The summed E-state index contributed by atoms with van der Waals surface area (Å²) < 4.78 is 2.09. The zero-order valence-electron chi connectivity index (χ0n) is 7.01. The van der Waals surface area contributed by atoms with Crippen molar-refractivity contribution in [1.29, 1.82) is 0 Å². The number of rotatable bonds is 0. The first-order chi connectivity index (χ1) is 6.45. The Labute approximate surface area is 75.8 Å². The van der Waals surface area contributed by atoms with E-state index in [1.165, 1.54) is 16.5 Å². The van der Waals surface area contributed by atoms with Crippen molar-refractivity contribution in [3.05, 3.63) is 42.2 Å². The van der Waals surface area contributed by atoms with Gasteiger partial charge in [0, 0.05) is 35.8 Å². The number of nitrogens with zero attached hydrogens (tertiary/aromatic N) is 2. The molecular formula is C11H8N2. The fourth-order valence-electron chi connectivity index (χ4n) is 1.71. The first kappa shape index (κ1) is 6.66. The molecule has 0 saturated heterocycles. The van der Waals surface area contributed by atoms with Crippen molar-refractivity contribution in [2.45, 2.75) is 0 Å². The Hall–Kier alpha value is -1.83. The highest BCUT2D eigenvalue weighted by atomic mass is 15.0.